The molecule has 1 amide bonds. The van der Waals surface area contributed by atoms with Crippen molar-refractivity contribution in [2.24, 2.45) is 5.92 Å². The van der Waals surface area contributed by atoms with Gasteiger partial charge in [0.2, 0.25) is 0 Å². The molecule has 0 N–H and O–H groups in total. The number of methoxy groups -OCH3 is 1. The quantitative estimate of drug-likeness (QED) is 0.593. The molecular weight excluding hydrogens is 356 g/mol. The molecule has 1 aromatic carbocycles. The molecule has 3 rings (SSSR count). The van der Waals surface area contributed by atoms with Gasteiger partial charge in [0.05, 0.1) is 24.2 Å². The Labute approximate surface area is 158 Å². The number of benzene rings is 1. The van der Waals surface area contributed by atoms with Gasteiger partial charge in [-0.3, -0.25) is 9.59 Å². The number of nitrogens with zero attached hydrogens (tertiary/aromatic N) is 1. The summed E-state index contributed by atoms with van der Waals surface area (Å²) in [5, 5.41) is 0.416. The fourth-order valence-electron chi connectivity index (χ4n) is 2.96. The van der Waals surface area contributed by atoms with Gasteiger partial charge in [-0.2, -0.15) is 0 Å². The minimum atomic E-state index is -0.579. The molecule has 0 atom stereocenters. The molecule has 0 spiro atoms. The first-order chi connectivity index (χ1) is 12.1. The molecule has 2 heterocycles. The van der Waals surface area contributed by atoms with Crippen molar-refractivity contribution in [2.45, 2.75) is 38.9 Å². The van der Waals surface area contributed by atoms with Gasteiger partial charge in [0.15, 0.2) is 0 Å². The Bertz CT molecular complexity index is 729. The average Bonchev–Trinajstić information content (AvgIpc) is 2.73. The molecule has 1 aromatic rings. The van der Waals surface area contributed by atoms with Gasteiger partial charge in [0.25, 0.3) is 5.91 Å². The zero-order valence-electron chi connectivity index (χ0n) is 15.7. The van der Waals surface area contributed by atoms with Crippen LogP contribution < -0.4 is 5.46 Å². The van der Waals surface area contributed by atoms with Crippen LogP contribution in [0.15, 0.2) is 18.2 Å². The maximum absolute atomic E-state index is 12.5. The van der Waals surface area contributed by atoms with Crippen LogP contribution in [0.1, 0.15) is 38.1 Å². The summed E-state index contributed by atoms with van der Waals surface area (Å²) in [6, 6.07) is 5.09. The maximum atomic E-state index is 12.5. The first-order valence-corrected chi connectivity index (χ1v) is 8.96. The van der Waals surface area contributed by atoms with Crippen molar-refractivity contribution in [2.75, 3.05) is 20.2 Å². The van der Waals surface area contributed by atoms with Crippen LogP contribution in [0.25, 0.3) is 0 Å². The molecule has 2 aliphatic heterocycles. The van der Waals surface area contributed by atoms with Gasteiger partial charge in [-0.15, -0.1) is 0 Å². The molecule has 2 aliphatic rings. The van der Waals surface area contributed by atoms with E-state index in [2.05, 4.69) is 4.74 Å². The average molecular weight is 380 g/mol. The molecule has 2 fully saturated rings. The third-order valence-electron chi connectivity index (χ3n) is 5.46. The Morgan fingerprint density at radius 2 is 1.77 bits per heavy atom. The van der Waals surface area contributed by atoms with Gasteiger partial charge in [0.1, 0.15) is 0 Å². The third-order valence-corrected chi connectivity index (χ3v) is 5.79. The van der Waals surface area contributed by atoms with Crippen LogP contribution in [0.2, 0.25) is 5.02 Å². The van der Waals surface area contributed by atoms with Crippen LogP contribution in [0.4, 0.5) is 0 Å². The Morgan fingerprint density at radius 3 is 2.27 bits per heavy atom. The highest BCUT2D eigenvalue weighted by molar-refractivity contribution is 6.65. The van der Waals surface area contributed by atoms with Crippen LogP contribution in [-0.2, 0) is 18.8 Å². The van der Waals surface area contributed by atoms with Gasteiger partial charge >= 0.3 is 13.1 Å². The Kier molecular flexibility index (Phi) is 4.84. The Hall–Kier alpha value is -1.57. The third kappa shape index (κ3) is 3.24. The van der Waals surface area contributed by atoms with Crippen molar-refractivity contribution in [3.63, 3.8) is 0 Å². The van der Waals surface area contributed by atoms with Crippen molar-refractivity contribution < 1.29 is 23.6 Å². The molecule has 0 radical (unpaired) electrons. The van der Waals surface area contributed by atoms with Crippen LogP contribution in [0, 0.1) is 5.92 Å². The number of hydrogen-bond acceptors (Lipinski definition) is 5. The van der Waals surface area contributed by atoms with E-state index < -0.39 is 18.3 Å². The molecule has 26 heavy (non-hydrogen) atoms. The van der Waals surface area contributed by atoms with Crippen molar-refractivity contribution in [3.05, 3.63) is 28.8 Å². The summed E-state index contributed by atoms with van der Waals surface area (Å²) in [5.41, 5.74) is 0.239. The van der Waals surface area contributed by atoms with E-state index in [4.69, 9.17) is 20.9 Å². The van der Waals surface area contributed by atoms with Crippen molar-refractivity contribution in [1.82, 2.24) is 4.90 Å². The number of amides is 1. The lowest BCUT2D eigenvalue weighted by Gasteiger charge is -2.37. The molecule has 0 aromatic heterocycles. The van der Waals surface area contributed by atoms with Crippen LogP contribution >= 0.6 is 11.6 Å². The van der Waals surface area contributed by atoms with E-state index in [1.165, 1.54) is 7.11 Å². The highest BCUT2D eigenvalue weighted by Crippen LogP contribution is 2.37. The van der Waals surface area contributed by atoms with E-state index in [1.807, 2.05) is 27.7 Å². The van der Waals surface area contributed by atoms with Gasteiger partial charge in [0, 0.05) is 29.1 Å². The lowest BCUT2D eigenvalue weighted by atomic mass is 9.78. The number of likely N-dealkylation sites (tertiary alicyclic amines) is 1. The highest BCUT2D eigenvalue weighted by Gasteiger charge is 2.52. The number of hydrogen-bond donors (Lipinski definition) is 0. The summed E-state index contributed by atoms with van der Waals surface area (Å²) in [7, 11) is 0.769. The molecule has 0 bridgehead atoms. The number of rotatable bonds is 3. The van der Waals surface area contributed by atoms with E-state index in [0.29, 0.717) is 29.1 Å². The summed E-state index contributed by atoms with van der Waals surface area (Å²) in [6.07, 6.45) is 0. The second kappa shape index (κ2) is 6.55. The number of ether oxygens (including phenoxy) is 1. The Morgan fingerprint density at radius 1 is 1.19 bits per heavy atom. The molecular formula is C18H23BClNO5. The zero-order valence-corrected chi connectivity index (χ0v) is 16.4. The number of esters is 1. The first-order valence-electron chi connectivity index (χ1n) is 8.58. The maximum Gasteiger partial charge on any atom is 0.496 e. The van der Waals surface area contributed by atoms with Gasteiger partial charge < -0.3 is 18.9 Å². The molecule has 0 unspecified atom stereocenters. The largest absolute Gasteiger partial charge is 0.496 e. The molecule has 0 saturated carbocycles. The standard InChI is InChI=1S/C18H23BClNO5/c1-17(2)18(3,4)26-19(25-17)13-7-6-11(8-14(13)20)15(22)21-9-12(10-21)16(23)24-5/h6-8,12H,9-10H2,1-5H3. The first kappa shape index (κ1) is 19.2. The van der Waals surface area contributed by atoms with Gasteiger partial charge in [-0.25, -0.2) is 0 Å². The molecule has 140 valence electrons. The highest BCUT2D eigenvalue weighted by atomic mass is 35.5. The van der Waals surface area contributed by atoms with E-state index in [9.17, 15) is 9.59 Å². The monoisotopic (exact) mass is 379 g/mol. The van der Waals surface area contributed by atoms with E-state index in [0.717, 1.165) is 0 Å². The fourth-order valence-corrected chi connectivity index (χ4v) is 3.23. The van der Waals surface area contributed by atoms with Gasteiger partial charge in [-0.1, -0.05) is 17.7 Å². The van der Waals surface area contributed by atoms with E-state index >= 15 is 0 Å². The normalized spacial score (nSPS) is 21.5. The van der Waals surface area contributed by atoms with Crippen LogP contribution in [0.5, 0.6) is 0 Å². The topological polar surface area (TPSA) is 65.1 Å². The summed E-state index contributed by atoms with van der Waals surface area (Å²) in [4.78, 5) is 25.6. The second-order valence-corrected chi connectivity index (χ2v) is 8.16. The van der Waals surface area contributed by atoms with Crippen molar-refractivity contribution in [1.29, 1.82) is 0 Å². The van der Waals surface area contributed by atoms with Crippen molar-refractivity contribution >= 4 is 36.1 Å². The van der Waals surface area contributed by atoms with Crippen molar-refractivity contribution in [3.8, 4) is 0 Å². The molecule has 6 nitrogen and oxygen atoms in total. The number of carbonyl (C=O) groups is 2. The van der Waals surface area contributed by atoms with E-state index in [-0.39, 0.29) is 17.8 Å². The molecule has 0 aliphatic carbocycles. The second-order valence-electron chi connectivity index (χ2n) is 7.75. The smallest absolute Gasteiger partial charge is 0.469 e. The molecule has 2 saturated heterocycles. The minimum absolute atomic E-state index is 0.160. The van der Waals surface area contributed by atoms with Crippen LogP contribution in [-0.4, -0.2) is 55.3 Å². The van der Waals surface area contributed by atoms with E-state index in [1.54, 1.807) is 23.1 Å². The number of halogens is 1. The lowest BCUT2D eigenvalue weighted by molar-refractivity contribution is -0.149. The van der Waals surface area contributed by atoms with Gasteiger partial charge in [-0.05, 0) is 39.8 Å². The minimum Gasteiger partial charge on any atom is -0.469 e. The fraction of sp³-hybridized carbons (Fsp3) is 0.556. The zero-order chi connectivity index (χ0) is 19.3. The number of carbonyl (C=O) groups excluding carboxylic acids is 2. The molecule has 8 heteroatoms. The predicted molar refractivity (Wildman–Crippen MR) is 98.6 cm³/mol. The lowest BCUT2D eigenvalue weighted by Crippen LogP contribution is -2.53. The summed E-state index contributed by atoms with van der Waals surface area (Å²) < 4.78 is 16.7. The summed E-state index contributed by atoms with van der Waals surface area (Å²) in [5.74, 6) is -0.695. The Balaban J connectivity index is 1.71. The SMILES string of the molecule is COC(=O)C1CN(C(=O)c2ccc(B3OC(C)(C)C(C)(C)O3)c(Cl)c2)C1. The van der Waals surface area contributed by atoms with Crippen LogP contribution in [0.3, 0.4) is 0 Å². The summed E-state index contributed by atoms with van der Waals surface area (Å²) >= 11 is 6.40. The summed E-state index contributed by atoms with van der Waals surface area (Å²) in [6.45, 7) is 8.62. The predicted octanol–water partition coefficient (Wildman–Crippen LogP) is 1.88.